The first-order valence-corrected chi connectivity index (χ1v) is 7.59. The molecule has 0 bridgehead atoms. The predicted octanol–water partition coefficient (Wildman–Crippen LogP) is 2.34. The van der Waals surface area contributed by atoms with Gasteiger partial charge in [-0.25, -0.2) is 4.98 Å². The maximum atomic E-state index is 5.82. The summed E-state index contributed by atoms with van der Waals surface area (Å²) >= 11 is 3.17. The molecule has 6 heteroatoms. The minimum absolute atomic E-state index is 0.528. The van der Waals surface area contributed by atoms with Crippen LogP contribution in [0.2, 0.25) is 0 Å². The molecule has 3 rings (SSSR count). The van der Waals surface area contributed by atoms with Crippen LogP contribution in [0.25, 0.3) is 0 Å². The van der Waals surface area contributed by atoms with E-state index in [0.717, 1.165) is 32.8 Å². The van der Waals surface area contributed by atoms with Gasteiger partial charge in [0.15, 0.2) is 4.34 Å². The highest BCUT2D eigenvalue weighted by molar-refractivity contribution is 8.01. The van der Waals surface area contributed by atoms with E-state index in [1.165, 1.54) is 17.7 Å². The van der Waals surface area contributed by atoms with E-state index in [2.05, 4.69) is 16.3 Å². The molecule has 0 atom stereocenters. The molecule has 2 aromatic rings. The number of pyridine rings is 1. The Bertz CT molecular complexity index is 579. The molecule has 2 heterocycles. The quantitative estimate of drug-likeness (QED) is 0.933. The van der Waals surface area contributed by atoms with Crippen LogP contribution in [0.4, 0.5) is 0 Å². The van der Waals surface area contributed by atoms with Gasteiger partial charge in [0.05, 0.1) is 0 Å². The number of hydrogen-bond acceptors (Lipinski definition) is 6. The fourth-order valence-corrected chi connectivity index (χ4v) is 4.00. The van der Waals surface area contributed by atoms with Crippen LogP contribution in [0.5, 0.6) is 0 Å². The zero-order valence-electron chi connectivity index (χ0n) is 10.1. The summed E-state index contributed by atoms with van der Waals surface area (Å²) in [4.78, 5) is 4.75. The minimum atomic E-state index is 0.528. The van der Waals surface area contributed by atoms with E-state index in [1.54, 1.807) is 23.1 Å². The second-order valence-electron chi connectivity index (χ2n) is 4.31. The number of aromatic nitrogens is 3. The van der Waals surface area contributed by atoms with Crippen molar-refractivity contribution in [2.45, 2.75) is 42.1 Å². The van der Waals surface area contributed by atoms with Crippen molar-refractivity contribution in [1.82, 2.24) is 15.2 Å². The molecule has 4 nitrogen and oxygen atoms in total. The highest BCUT2D eigenvalue weighted by Gasteiger charge is 2.17. The molecular formula is C12H14N4S2. The highest BCUT2D eigenvalue weighted by Crippen LogP contribution is 2.33. The fourth-order valence-electron chi connectivity index (χ4n) is 2.14. The van der Waals surface area contributed by atoms with Gasteiger partial charge in [0.1, 0.15) is 10.0 Å². The van der Waals surface area contributed by atoms with Gasteiger partial charge in [-0.05, 0) is 49.1 Å². The Morgan fingerprint density at radius 2 is 2.28 bits per heavy atom. The van der Waals surface area contributed by atoms with Crippen molar-refractivity contribution in [1.29, 1.82) is 0 Å². The first-order valence-electron chi connectivity index (χ1n) is 5.96. The lowest BCUT2D eigenvalue weighted by Crippen LogP contribution is -2.03. The molecule has 0 saturated heterocycles. The normalized spacial score (nSPS) is 13.9. The van der Waals surface area contributed by atoms with Gasteiger partial charge in [0, 0.05) is 12.2 Å². The van der Waals surface area contributed by atoms with Crippen LogP contribution in [0, 0.1) is 6.92 Å². The van der Waals surface area contributed by atoms with Crippen molar-refractivity contribution in [2.24, 2.45) is 5.73 Å². The largest absolute Gasteiger partial charge is 0.326 e. The Kier molecular flexibility index (Phi) is 3.32. The first-order chi connectivity index (χ1) is 8.76. The van der Waals surface area contributed by atoms with E-state index in [1.807, 2.05) is 6.92 Å². The number of nitrogens with zero attached hydrogens (tertiary/aromatic N) is 3. The van der Waals surface area contributed by atoms with Crippen molar-refractivity contribution in [3.8, 4) is 0 Å². The Hall–Kier alpha value is -0.980. The molecule has 0 radical (unpaired) electrons. The third-order valence-corrected chi connectivity index (χ3v) is 4.94. The van der Waals surface area contributed by atoms with Gasteiger partial charge in [0.25, 0.3) is 0 Å². The monoisotopic (exact) mass is 278 g/mol. The van der Waals surface area contributed by atoms with E-state index in [9.17, 15) is 0 Å². The molecule has 0 aliphatic heterocycles. The molecule has 18 heavy (non-hydrogen) atoms. The third kappa shape index (κ3) is 2.28. The van der Waals surface area contributed by atoms with E-state index in [4.69, 9.17) is 10.7 Å². The average Bonchev–Trinajstić information content (AvgIpc) is 2.97. The fraction of sp³-hybridized carbons (Fsp3) is 0.417. The molecule has 1 aliphatic rings. The van der Waals surface area contributed by atoms with Gasteiger partial charge in [-0.2, -0.15) is 0 Å². The zero-order valence-corrected chi connectivity index (χ0v) is 11.8. The van der Waals surface area contributed by atoms with Crippen molar-refractivity contribution in [2.75, 3.05) is 0 Å². The van der Waals surface area contributed by atoms with Gasteiger partial charge in [-0.1, -0.05) is 17.4 Å². The zero-order chi connectivity index (χ0) is 12.5. The summed E-state index contributed by atoms with van der Waals surface area (Å²) in [5, 5.41) is 10.1. The van der Waals surface area contributed by atoms with E-state index < -0.39 is 0 Å². The topological polar surface area (TPSA) is 64.7 Å². The molecule has 2 aromatic heterocycles. The van der Waals surface area contributed by atoms with E-state index >= 15 is 0 Å². The van der Waals surface area contributed by atoms with Gasteiger partial charge >= 0.3 is 0 Å². The summed E-state index contributed by atoms with van der Waals surface area (Å²) in [5.74, 6) is 0. The second kappa shape index (κ2) is 4.95. The Balaban J connectivity index is 1.95. The number of fused-ring (bicyclic) bond motifs is 1. The summed E-state index contributed by atoms with van der Waals surface area (Å²) < 4.78 is 0.938. The summed E-state index contributed by atoms with van der Waals surface area (Å²) in [6, 6.07) is 2.21. The van der Waals surface area contributed by atoms with Crippen molar-refractivity contribution < 1.29 is 0 Å². The van der Waals surface area contributed by atoms with Crippen LogP contribution in [0.1, 0.15) is 28.2 Å². The predicted molar refractivity (Wildman–Crippen MR) is 72.9 cm³/mol. The minimum Gasteiger partial charge on any atom is -0.326 e. The first kappa shape index (κ1) is 12.1. The Morgan fingerprint density at radius 3 is 3.00 bits per heavy atom. The number of rotatable bonds is 3. The van der Waals surface area contributed by atoms with Crippen LogP contribution in [-0.2, 0) is 19.4 Å². The Morgan fingerprint density at radius 1 is 1.39 bits per heavy atom. The standard InChI is InChI=1S/C12H14N4S2/c1-7-15-16-12(17-7)18-11-9(6-13)5-8-3-2-4-10(8)14-11/h5H,2-4,6,13H2,1H3. The van der Waals surface area contributed by atoms with Crippen LogP contribution >= 0.6 is 23.1 Å². The lowest BCUT2D eigenvalue weighted by Gasteiger charge is -2.08. The molecular weight excluding hydrogens is 264 g/mol. The smallest absolute Gasteiger partial charge is 0.180 e. The van der Waals surface area contributed by atoms with Crippen LogP contribution in [0.15, 0.2) is 15.4 Å². The highest BCUT2D eigenvalue weighted by atomic mass is 32.2. The van der Waals surface area contributed by atoms with Gasteiger partial charge in [-0.3, -0.25) is 0 Å². The lowest BCUT2D eigenvalue weighted by atomic mass is 10.1. The molecule has 0 unspecified atom stereocenters. The SMILES string of the molecule is Cc1nnc(Sc2nc3c(cc2CN)CCC3)s1. The Labute approximate surface area is 114 Å². The van der Waals surface area contributed by atoms with Crippen LogP contribution < -0.4 is 5.73 Å². The van der Waals surface area contributed by atoms with E-state index in [0.29, 0.717) is 6.54 Å². The molecule has 1 aliphatic carbocycles. The average molecular weight is 278 g/mol. The molecule has 0 aromatic carbocycles. The van der Waals surface area contributed by atoms with Gasteiger partial charge in [0.2, 0.25) is 0 Å². The molecule has 0 fully saturated rings. The summed E-state index contributed by atoms with van der Waals surface area (Å²) in [7, 11) is 0. The third-order valence-electron chi connectivity index (χ3n) is 3.00. The summed E-state index contributed by atoms with van der Waals surface area (Å²) in [6.45, 7) is 2.49. The maximum Gasteiger partial charge on any atom is 0.180 e. The molecule has 2 N–H and O–H groups in total. The van der Waals surface area contributed by atoms with Crippen LogP contribution in [-0.4, -0.2) is 15.2 Å². The van der Waals surface area contributed by atoms with Crippen molar-refractivity contribution in [3.05, 3.63) is 27.9 Å². The number of nitrogens with two attached hydrogens (primary N) is 1. The second-order valence-corrected chi connectivity index (χ2v) is 6.72. The number of aryl methyl sites for hydroxylation is 3. The van der Waals surface area contributed by atoms with Crippen molar-refractivity contribution in [3.63, 3.8) is 0 Å². The maximum absolute atomic E-state index is 5.82. The summed E-state index contributed by atoms with van der Waals surface area (Å²) in [5.41, 5.74) is 9.54. The summed E-state index contributed by atoms with van der Waals surface area (Å²) in [6.07, 6.45) is 3.43. The number of hydrogen-bond donors (Lipinski definition) is 1. The molecule has 94 valence electrons. The molecule has 0 amide bonds. The van der Waals surface area contributed by atoms with Gasteiger partial charge < -0.3 is 5.73 Å². The van der Waals surface area contributed by atoms with Crippen molar-refractivity contribution >= 4 is 23.1 Å². The molecule has 0 spiro atoms. The van der Waals surface area contributed by atoms with Crippen LogP contribution in [0.3, 0.4) is 0 Å². The van der Waals surface area contributed by atoms with Gasteiger partial charge in [-0.15, -0.1) is 10.2 Å². The van der Waals surface area contributed by atoms with E-state index in [-0.39, 0.29) is 0 Å². The molecule has 0 saturated carbocycles. The lowest BCUT2D eigenvalue weighted by molar-refractivity contribution is 0.883.